The average Bonchev–Trinajstić information content (AvgIpc) is 2.83. The fourth-order valence-electron chi connectivity index (χ4n) is 1.65. The highest BCUT2D eigenvalue weighted by Crippen LogP contribution is 2.33. The molecule has 0 unspecified atom stereocenters. The predicted molar refractivity (Wildman–Crippen MR) is 70.8 cm³/mol. The molecule has 0 aliphatic heterocycles. The Morgan fingerprint density at radius 2 is 2.06 bits per heavy atom. The van der Waals surface area contributed by atoms with Crippen molar-refractivity contribution in [2.75, 3.05) is 11.5 Å². The predicted octanol–water partition coefficient (Wildman–Crippen LogP) is 2.16. The molecule has 3 rings (SSSR count). The number of aryl methyl sites for hydroxylation is 1. The molecule has 3 aromatic heterocycles. The highest BCUT2D eigenvalue weighted by Gasteiger charge is 2.12. The summed E-state index contributed by atoms with van der Waals surface area (Å²) in [6, 6.07) is 3.61. The zero-order valence-corrected chi connectivity index (χ0v) is 10.0. The summed E-state index contributed by atoms with van der Waals surface area (Å²) >= 11 is 1.57. The molecule has 0 aliphatic carbocycles. The first-order valence-electron chi connectivity index (χ1n) is 5.11. The molecule has 0 saturated carbocycles. The first kappa shape index (κ1) is 10.1. The summed E-state index contributed by atoms with van der Waals surface area (Å²) in [5.41, 5.74) is 14.9. The van der Waals surface area contributed by atoms with E-state index in [1.165, 1.54) is 0 Å². The third-order valence-electron chi connectivity index (χ3n) is 2.61. The van der Waals surface area contributed by atoms with Crippen molar-refractivity contribution in [3.05, 3.63) is 23.1 Å². The van der Waals surface area contributed by atoms with E-state index in [9.17, 15) is 0 Å². The molecule has 6 heteroatoms. The molecule has 17 heavy (non-hydrogen) atoms. The largest absolute Gasteiger partial charge is 0.397 e. The number of rotatable bonds is 1. The number of hydrogen-bond donors (Lipinski definition) is 3. The minimum absolute atomic E-state index is 0.464. The second kappa shape index (κ2) is 3.46. The topological polar surface area (TPSA) is 93.6 Å². The highest BCUT2D eigenvalue weighted by molar-refractivity contribution is 7.14. The second-order valence-corrected chi connectivity index (χ2v) is 4.73. The molecule has 0 spiro atoms. The molecular formula is C11H11N5S. The van der Waals surface area contributed by atoms with Crippen molar-refractivity contribution >= 4 is 34.0 Å². The normalized spacial score (nSPS) is 11.1. The van der Waals surface area contributed by atoms with Gasteiger partial charge < -0.3 is 16.5 Å². The van der Waals surface area contributed by atoms with Gasteiger partial charge in [0.05, 0.1) is 16.1 Å². The van der Waals surface area contributed by atoms with Gasteiger partial charge in [0.25, 0.3) is 0 Å². The number of aromatic nitrogens is 3. The van der Waals surface area contributed by atoms with E-state index >= 15 is 0 Å². The standard InChI is InChI=1S/C11H11N5S/c1-5-4-17-9(8(5)13)11-14-6-2-3-7(12)15-10(6)16-11/h2-4H,13H2,1H3,(H3,12,14,15,16). The SMILES string of the molecule is Cc1csc(-c2nc3nc(N)ccc3[nH]2)c1N. The molecule has 0 saturated heterocycles. The molecule has 0 aromatic carbocycles. The third-order valence-corrected chi connectivity index (χ3v) is 3.73. The molecule has 0 radical (unpaired) electrons. The lowest BCUT2D eigenvalue weighted by atomic mass is 10.3. The number of fused-ring (bicyclic) bond motifs is 1. The summed E-state index contributed by atoms with van der Waals surface area (Å²) in [6.07, 6.45) is 0. The van der Waals surface area contributed by atoms with Gasteiger partial charge in [-0.25, -0.2) is 9.97 Å². The van der Waals surface area contributed by atoms with Crippen molar-refractivity contribution < 1.29 is 0 Å². The van der Waals surface area contributed by atoms with E-state index in [1.807, 2.05) is 18.4 Å². The van der Waals surface area contributed by atoms with Crippen LogP contribution in [0, 0.1) is 6.92 Å². The van der Waals surface area contributed by atoms with Gasteiger partial charge in [0, 0.05) is 0 Å². The molecule has 0 aliphatic rings. The number of nitrogens with two attached hydrogens (primary N) is 2. The zero-order chi connectivity index (χ0) is 12.0. The quantitative estimate of drug-likeness (QED) is 0.612. The van der Waals surface area contributed by atoms with Crippen LogP contribution in [-0.2, 0) is 0 Å². The van der Waals surface area contributed by atoms with Gasteiger partial charge in [-0.1, -0.05) is 0 Å². The van der Waals surface area contributed by atoms with Gasteiger partial charge in [-0.3, -0.25) is 0 Å². The third kappa shape index (κ3) is 1.53. The maximum atomic E-state index is 5.99. The minimum Gasteiger partial charge on any atom is -0.397 e. The first-order chi connectivity index (χ1) is 8.15. The first-order valence-corrected chi connectivity index (χ1v) is 5.99. The van der Waals surface area contributed by atoms with Crippen molar-refractivity contribution in [1.29, 1.82) is 0 Å². The van der Waals surface area contributed by atoms with Crippen molar-refractivity contribution in [3.8, 4) is 10.7 Å². The molecule has 0 atom stereocenters. The van der Waals surface area contributed by atoms with Gasteiger partial charge in [-0.05, 0) is 30.0 Å². The second-order valence-electron chi connectivity index (χ2n) is 3.85. The summed E-state index contributed by atoms with van der Waals surface area (Å²) in [5, 5.41) is 2.01. The molecule has 3 aromatic rings. The molecule has 0 bridgehead atoms. The number of aromatic amines is 1. The van der Waals surface area contributed by atoms with Gasteiger partial charge >= 0.3 is 0 Å². The molecule has 0 fully saturated rings. The van der Waals surface area contributed by atoms with Gasteiger partial charge in [0.1, 0.15) is 5.82 Å². The number of anilines is 2. The number of nitrogens with one attached hydrogen (secondary N) is 1. The van der Waals surface area contributed by atoms with Gasteiger partial charge in [0.15, 0.2) is 11.5 Å². The van der Waals surface area contributed by atoms with Crippen molar-refractivity contribution in [3.63, 3.8) is 0 Å². The van der Waals surface area contributed by atoms with Crippen LogP contribution in [0.2, 0.25) is 0 Å². The number of H-pyrrole nitrogens is 1. The summed E-state index contributed by atoms with van der Waals surface area (Å²) in [6.45, 7) is 1.98. The van der Waals surface area contributed by atoms with E-state index in [0.717, 1.165) is 27.5 Å². The number of nitrogen functional groups attached to an aromatic ring is 2. The lowest BCUT2D eigenvalue weighted by Crippen LogP contribution is -1.89. The van der Waals surface area contributed by atoms with E-state index in [-0.39, 0.29) is 0 Å². The van der Waals surface area contributed by atoms with E-state index in [1.54, 1.807) is 17.4 Å². The fraction of sp³-hybridized carbons (Fsp3) is 0.0909. The molecule has 86 valence electrons. The average molecular weight is 245 g/mol. The number of pyridine rings is 1. The Morgan fingerprint density at radius 3 is 2.76 bits per heavy atom. The van der Waals surface area contributed by atoms with Crippen molar-refractivity contribution in [2.45, 2.75) is 6.92 Å². The summed E-state index contributed by atoms with van der Waals surface area (Å²) in [4.78, 5) is 12.7. The number of thiophene rings is 1. The molecular weight excluding hydrogens is 234 g/mol. The van der Waals surface area contributed by atoms with Crippen LogP contribution in [0.1, 0.15) is 5.56 Å². The monoisotopic (exact) mass is 245 g/mol. The number of nitrogens with zero attached hydrogens (tertiary/aromatic N) is 2. The van der Waals surface area contributed by atoms with Crippen LogP contribution in [0.5, 0.6) is 0 Å². The van der Waals surface area contributed by atoms with Gasteiger partial charge in [-0.15, -0.1) is 11.3 Å². The summed E-state index contributed by atoms with van der Waals surface area (Å²) in [5.74, 6) is 1.21. The Kier molecular flexibility index (Phi) is 2.05. The van der Waals surface area contributed by atoms with Crippen molar-refractivity contribution in [2.24, 2.45) is 0 Å². The molecule has 5 N–H and O–H groups in total. The zero-order valence-electron chi connectivity index (χ0n) is 9.19. The van der Waals surface area contributed by atoms with Gasteiger partial charge in [-0.2, -0.15) is 0 Å². The number of hydrogen-bond acceptors (Lipinski definition) is 5. The Labute approximate surface area is 102 Å². The van der Waals surface area contributed by atoms with Crippen LogP contribution < -0.4 is 11.5 Å². The van der Waals surface area contributed by atoms with E-state index in [0.29, 0.717) is 11.5 Å². The Balaban J connectivity index is 2.21. The van der Waals surface area contributed by atoms with E-state index in [2.05, 4.69) is 15.0 Å². The van der Waals surface area contributed by atoms with Crippen LogP contribution in [0.25, 0.3) is 21.9 Å². The molecule has 3 heterocycles. The maximum Gasteiger partial charge on any atom is 0.180 e. The van der Waals surface area contributed by atoms with Crippen LogP contribution >= 0.6 is 11.3 Å². The molecule has 5 nitrogen and oxygen atoms in total. The van der Waals surface area contributed by atoms with E-state index < -0.39 is 0 Å². The highest BCUT2D eigenvalue weighted by atomic mass is 32.1. The van der Waals surface area contributed by atoms with E-state index in [4.69, 9.17) is 11.5 Å². The van der Waals surface area contributed by atoms with Crippen LogP contribution in [-0.4, -0.2) is 15.0 Å². The Hall–Kier alpha value is -2.08. The van der Waals surface area contributed by atoms with Crippen LogP contribution in [0.4, 0.5) is 11.5 Å². The molecule has 0 amide bonds. The summed E-state index contributed by atoms with van der Waals surface area (Å²) in [7, 11) is 0. The Morgan fingerprint density at radius 1 is 1.24 bits per heavy atom. The lowest BCUT2D eigenvalue weighted by molar-refractivity contribution is 1.31. The number of imidazole rings is 1. The van der Waals surface area contributed by atoms with Crippen LogP contribution in [0.3, 0.4) is 0 Å². The van der Waals surface area contributed by atoms with Gasteiger partial charge in [0.2, 0.25) is 0 Å². The minimum atomic E-state index is 0.464. The summed E-state index contributed by atoms with van der Waals surface area (Å²) < 4.78 is 0. The maximum absolute atomic E-state index is 5.99. The Bertz CT molecular complexity index is 697. The van der Waals surface area contributed by atoms with Crippen molar-refractivity contribution in [1.82, 2.24) is 15.0 Å². The smallest absolute Gasteiger partial charge is 0.180 e. The van der Waals surface area contributed by atoms with Crippen LogP contribution in [0.15, 0.2) is 17.5 Å². The fourth-order valence-corrected chi connectivity index (χ4v) is 2.57. The lowest BCUT2D eigenvalue weighted by Gasteiger charge is -1.94.